The average molecular weight is 251 g/mol. The Morgan fingerprint density at radius 2 is 2.00 bits per heavy atom. The van der Waals surface area contributed by atoms with Crippen LogP contribution in [0, 0.1) is 6.92 Å². The van der Waals surface area contributed by atoms with Crippen molar-refractivity contribution in [2.24, 2.45) is 5.73 Å². The third kappa shape index (κ3) is 3.09. The lowest BCUT2D eigenvalue weighted by molar-refractivity contribution is -0.116. The molecule has 0 bridgehead atoms. The highest BCUT2D eigenvalue weighted by Gasteiger charge is 2.17. The van der Waals surface area contributed by atoms with Gasteiger partial charge in [-0.05, 0) is 13.8 Å². The first-order valence-corrected chi connectivity index (χ1v) is 6.04. The predicted octanol–water partition coefficient (Wildman–Crippen LogP) is 0.802. The van der Waals surface area contributed by atoms with E-state index in [4.69, 9.17) is 11.5 Å². The molecule has 0 atom stereocenters. The van der Waals surface area contributed by atoms with Crippen LogP contribution in [0.3, 0.4) is 0 Å². The number of anilines is 2. The van der Waals surface area contributed by atoms with E-state index in [2.05, 4.69) is 9.97 Å². The van der Waals surface area contributed by atoms with Crippen LogP contribution in [-0.4, -0.2) is 29.0 Å². The summed E-state index contributed by atoms with van der Waals surface area (Å²) < 4.78 is 0. The smallest absolute Gasteiger partial charge is 0.236 e. The van der Waals surface area contributed by atoms with Crippen LogP contribution in [0.4, 0.5) is 11.6 Å². The first-order valence-electron chi connectivity index (χ1n) is 6.04. The maximum absolute atomic E-state index is 11.1. The summed E-state index contributed by atoms with van der Waals surface area (Å²) in [4.78, 5) is 21.6. The summed E-state index contributed by atoms with van der Waals surface area (Å²) in [6, 6.07) is 0. The summed E-state index contributed by atoms with van der Waals surface area (Å²) in [5, 5.41) is 0. The Balaban J connectivity index is 3.23. The zero-order valence-electron chi connectivity index (χ0n) is 11.4. The summed E-state index contributed by atoms with van der Waals surface area (Å²) >= 11 is 0. The Hall–Kier alpha value is -1.85. The largest absolute Gasteiger partial charge is 0.383 e. The maximum atomic E-state index is 11.1. The number of hydrogen-bond donors (Lipinski definition) is 2. The molecule has 0 aliphatic heterocycles. The Labute approximate surface area is 107 Å². The monoisotopic (exact) mass is 251 g/mol. The molecule has 1 rings (SSSR count). The van der Waals surface area contributed by atoms with E-state index < -0.39 is 0 Å². The van der Waals surface area contributed by atoms with Crippen LogP contribution >= 0.6 is 0 Å². The van der Waals surface area contributed by atoms with Gasteiger partial charge < -0.3 is 16.4 Å². The summed E-state index contributed by atoms with van der Waals surface area (Å²) in [7, 11) is 0. The van der Waals surface area contributed by atoms with Gasteiger partial charge in [-0.2, -0.15) is 0 Å². The lowest BCUT2D eigenvalue weighted by Crippen LogP contribution is -2.35. The summed E-state index contributed by atoms with van der Waals surface area (Å²) in [5.74, 6) is 1.61. The second kappa shape index (κ2) is 5.66. The van der Waals surface area contributed by atoms with Gasteiger partial charge in [0.15, 0.2) is 0 Å². The van der Waals surface area contributed by atoms with E-state index in [0.29, 0.717) is 24.0 Å². The van der Waals surface area contributed by atoms with Gasteiger partial charge in [0.2, 0.25) is 5.91 Å². The van der Waals surface area contributed by atoms with Crippen LogP contribution in [-0.2, 0) is 4.79 Å². The molecule has 6 heteroatoms. The maximum Gasteiger partial charge on any atom is 0.236 e. The van der Waals surface area contributed by atoms with Crippen molar-refractivity contribution in [3.8, 4) is 0 Å². The third-order valence-electron chi connectivity index (χ3n) is 2.72. The minimum absolute atomic E-state index is 0.130. The molecular weight excluding hydrogens is 230 g/mol. The SMILES string of the molecule is CCN(CC(N)=O)c1nc(C(C)C)nc(N)c1C. The molecule has 0 radical (unpaired) electrons. The van der Waals surface area contributed by atoms with Crippen LogP contribution in [0.2, 0.25) is 0 Å². The van der Waals surface area contributed by atoms with Gasteiger partial charge in [0.25, 0.3) is 0 Å². The number of carbonyl (C=O) groups is 1. The fraction of sp³-hybridized carbons (Fsp3) is 0.583. The van der Waals surface area contributed by atoms with Crippen molar-refractivity contribution in [1.29, 1.82) is 0 Å². The number of primary amides is 1. The minimum Gasteiger partial charge on any atom is -0.383 e. The molecule has 0 aromatic carbocycles. The molecule has 0 saturated carbocycles. The molecule has 0 saturated heterocycles. The van der Waals surface area contributed by atoms with Gasteiger partial charge in [0, 0.05) is 18.0 Å². The van der Waals surface area contributed by atoms with E-state index in [-0.39, 0.29) is 18.4 Å². The summed E-state index contributed by atoms with van der Waals surface area (Å²) in [5.41, 5.74) is 11.9. The highest BCUT2D eigenvalue weighted by atomic mass is 16.1. The second-order valence-electron chi connectivity index (χ2n) is 4.55. The van der Waals surface area contributed by atoms with Gasteiger partial charge in [-0.3, -0.25) is 4.79 Å². The number of hydrogen-bond acceptors (Lipinski definition) is 5. The Morgan fingerprint density at radius 3 is 2.44 bits per heavy atom. The number of nitrogens with two attached hydrogens (primary N) is 2. The topological polar surface area (TPSA) is 98.1 Å². The van der Waals surface area contributed by atoms with Crippen molar-refractivity contribution in [1.82, 2.24) is 9.97 Å². The van der Waals surface area contributed by atoms with Crippen molar-refractivity contribution in [2.45, 2.75) is 33.6 Å². The molecule has 1 amide bonds. The Kier molecular flexibility index (Phi) is 4.47. The van der Waals surface area contributed by atoms with Gasteiger partial charge >= 0.3 is 0 Å². The Bertz CT molecular complexity index is 444. The van der Waals surface area contributed by atoms with E-state index in [1.54, 1.807) is 0 Å². The zero-order chi connectivity index (χ0) is 13.9. The molecular formula is C12H21N5O. The van der Waals surface area contributed by atoms with Crippen molar-refractivity contribution in [3.05, 3.63) is 11.4 Å². The number of carbonyl (C=O) groups excluding carboxylic acids is 1. The minimum atomic E-state index is -0.389. The first kappa shape index (κ1) is 14.2. The van der Waals surface area contributed by atoms with Gasteiger partial charge in [-0.15, -0.1) is 0 Å². The highest BCUT2D eigenvalue weighted by molar-refractivity contribution is 5.79. The van der Waals surface area contributed by atoms with E-state index in [1.807, 2.05) is 32.6 Å². The number of likely N-dealkylation sites (N-methyl/N-ethyl adjacent to an activating group) is 1. The fourth-order valence-electron chi connectivity index (χ4n) is 1.63. The quantitative estimate of drug-likeness (QED) is 0.806. The third-order valence-corrected chi connectivity index (χ3v) is 2.72. The lowest BCUT2D eigenvalue weighted by Gasteiger charge is -2.23. The van der Waals surface area contributed by atoms with E-state index in [1.165, 1.54) is 0 Å². The normalized spacial score (nSPS) is 10.7. The average Bonchev–Trinajstić information content (AvgIpc) is 2.29. The van der Waals surface area contributed by atoms with Gasteiger partial charge in [-0.25, -0.2) is 9.97 Å². The van der Waals surface area contributed by atoms with Crippen molar-refractivity contribution in [2.75, 3.05) is 23.7 Å². The molecule has 0 spiro atoms. The number of rotatable bonds is 5. The molecule has 0 aliphatic carbocycles. The standard InChI is InChI=1S/C12H21N5O/c1-5-17(6-9(13)18)12-8(4)10(14)15-11(16-12)7(2)3/h7H,5-6H2,1-4H3,(H2,13,18)(H2,14,15,16). The van der Waals surface area contributed by atoms with E-state index in [0.717, 1.165) is 5.56 Å². The molecule has 100 valence electrons. The van der Waals surface area contributed by atoms with Gasteiger partial charge in [0.1, 0.15) is 17.5 Å². The van der Waals surface area contributed by atoms with Crippen LogP contribution in [0.1, 0.15) is 38.1 Å². The summed E-state index contributed by atoms with van der Waals surface area (Å²) in [6.45, 7) is 8.55. The van der Waals surface area contributed by atoms with Crippen LogP contribution in [0.25, 0.3) is 0 Å². The molecule has 1 aromatic rings. The molecule has 1 heterocycles. The lowest BCUT2D eigenvalue weighted by atomic mass is 10.2. The zero-order valence-corrected chi connectivity index (χ0v) is 11.4. The highest BCUT2D eigenvalue weighted by Crippen LogP contribution is 2.23. The molecule has 0 unspecified atom stereocenters. The number of amides is 1. The van der Waals surface area contributed by atoms with Crippen molar-refractivity contribution < 1.29 is 4.79 Å². The van der Waals surface area contributed by atoms with Crippen LogP contribution in [0.5, 0.6) is 0 Å². The van der Waals surface area contributed by atoms with E-state index >= 15 is 0 Å². The second-order valence-corrected chi connectivity index (χ2v) is 4.55. The Morgan fingerprint density at radius 1 is 1.39 bits per heavy atom. The van der Waals surface area contributed by atoms with Gasteiger partial charge in [0.05, 0.1) is 6.54 Å². The van der Waals surface area contributed by atoms with Crippen molar-refractivity contribution in [3.63, 3.8) is 0 Å². The molecule has 18 heavy (non-hydrogen) atoms. The number of aromatic nitrogens is 2. The number of nitrogens with zero attached hydrogens (tertiary/aromatic N) is 3. The molecule has 0 fully saturated rings. The van der Waals surface area contributed by atoms with E-state index in [9.17, 15) is 4.79 Å². The van der Waals surface area contributed by atoms with Crippen molar-refractivity contribution >= 4 is 17.5 Å². The molecule has 1 aromatic heterocycles. The van der Waals surface area contributed by atoms with Crippen LogP contribution in [0.15, 0.2) is 0 Å². The first-order chi connectivity index (χ1) is 8.36. The predicted molar refractivity (Wildman–Crippen MR) is 72.4 cm³/mol. The van der Waals surface area contributed by atoms with Gasteiger partial charge in [-0.1, -0.05) is 13.8 Å². The summed E-state index contributed by atoms with van der Waals surface area (Å²) in [6.07, 6.45) is 0. The fourth-order valence-corrected chi connectivity index (χ4v) is 1.63. The molecule has 0 aliphatic rings. The molecule has 6 nitrogen and oxygen atoms in total. The van der Waals surface area contributed by atoms with Crippen LogP contribution < -0.4 is 16.4 Å². The molecule has 4 N–H and O–H groups in total. The number of nitrogen functional groups attached to an aromatic ring is 1.